The third-order valence-electron chi connectivity index (χ3n) is 4.91. The van der Waals surface area contributed by atoms with Crippen LogP contribution in [0, 0.1) is 12.7 Å². The summed E-state index contributed by atoms with van der Waals surface area (Å²) in [6, 6.07) is 17.1. The zero-order chi connectivity index (χ0) is 22.0. The van der Waals surface area contributed by atoms with Gasteiger partial charge in [-0.3, -0.25) is 10.1 Å². The third kappa shape index (κ3) is 4.62. The number of nitrogens with one attached hydrogen (secondary N) is 2. The average molecular weight is 434 g/mol. The summed E-state index contributed by atoms with van der Waals surface area (Å²) in [7, 11) is 0. The minimum Gasteiger partial charge on any atom is -0.436 e. The van der Waals surface area contributed by atoms with Crippen molar-refractivity contribution in [1.29, 1.82) is 0 Å². The smallest absolute Gasteiger partial charge is 0.257 e. The Hall–Kier alpha value is -3.58. The molecule has 5 nitrogen and oxygen atoms in total. The number of nitrogens with zero attached hydrogens (tertiary/aromatic N) is 1. The van der Waals surface area contributed by atoms with Crippen LogP contribution in [0.25, 0.3) is 22.6 Å². The number of thiocarbonyl (C=S) groups is 1. The van der Waals surface area contributed by atoms with Gasteiger partial charge in [-0.05, 0) is 79.2 Å². The minimum absolute atomic E-state index is 0.111. The van der Waals surface area contributed by atoms with Crippen LogP contribution in [0.5, 0.6) is 0 Å². The molecule has 4 aromatic rings. The molecule has 1 amide bonds. The van der Waals surface area contributed by atoms with Gasteiger partial charge in [-0.2, -0.15) is 0 Å². The van der Waals surface area contributed by atoms with Crippen molar-refractivity contribution in [2.75, 3.05) is 5.32 Å². The van der Waals surface area contributed by atoms with E-state index < -0.39 is 11.7 Å². The van der Waals surface area contributed by atoms with Gasteiger partial charge in [0.2, 0.25) is 5.89 Å². The topological polar surface area (TPSA) is 67.2 Å². The van der Waals surface area contributed by atoms with Gasteiger partial charge in [-0.1, -0.05) is 25.1 Å². The van der Waals surface area contributed by atoms with Gasteiger partial charge in [-0.15, -0.1) is 0 Å². The molecule has 0 fully saturated rings. The molecular weight excluding hydrogens is 413 g/mol. The summed E-state index contributed by atoms with van der Waals surface area (Å²) in [5, 5.41) is 5.70. The van der Waals surface area contributed by atoms with Crippen LogP contribution in [0.3, 0.4) is 0 Å². The molecule has 1 heterocycles. The van der Waals surface area contributed by atoms with Crippen molar-refractivity contribution >= 4 is 40.0 Å². The Morgan fingerprint density at radius 2 is 1.97 bits per heavy atom. The summed E-state index contributed by atoms with van der Waals surface area (Å²) in [6.07, 6.45) is 0.926. The predicted octanol–water partition coefficient (Wildman–Crippen LogP) is 5.63. The summed E-state index contributed by atoms with van der Waals surface area (Å²) >= 11 is 5.27. The van der Waals surface area contributed by atoms with Crippen LogP contribution in [0.1, 0.15) is 28.4 Å². The highest BCUT2D eigenvalue weighted by atomic mass is 32.1. The molecular formula is C24H20FN3O2S. The molecule has 2 N–H and O–H groups in total. The SMILES string of the molecule is CCc1ccc2oc(-c3ccc(C)c(NC(=S)NC(=O)c4cccc(F)c4)c3)nc2c1. The fraction of sp³-hybridized carbons (Fsp3) is 0.125. The van der Waals surface area contributed by atoms with Gasteiger partial charge in [0.25, 0.3) is 5.91 Å². The molecule has 0 radical (unpaired) electrons. The lowest BCUT2D eigenvalue weighted by Gasteiger charge is -2.12. The molecule has 0 atom stereocenters. The molecule has 0 aliphatic carbocycles. The van der Waals surface area contributed by atoms with E-state index in [0.717, 1.165) is 34.7 Å². The van der Waals surface area contributed by atoms with Crippen molar-refractivity contribution in [3.63, 3.8) is 0 Å². The second kappa shape index (κ2) is 8.65. The first-order chi connectivity index (χ1) is 14.9. The van der Waals surface area contributed by atoms with E-state index >= 15 is 0 Å². The standard InChI is InChI=1S/C24H20FN3O2S/c1-3-15-8-10-21-20(11-15)26-23(30-21)17-9-7-14(2)19(13-17)27-24(31)28-22(29)16-5-4-6-18(25)12-16/h4-13H,3H2,1-2H3,(H2,27,28,29,31). The Bertz CT molecular complexity index is 1300. The largest absolute Gasteiger partial charge is 0.436 e. The molecule has 156 valence electrons. The lowest BCUT2D eigenvalue weighted by molar-refractivity contribution is 0.0977. The number of anilines is 1. The fourth-order valence-corrected chi connectivity index (χ4v) is 3.37. The van der Waals surface area contributed by atoms with Crippen LogP contribution in [0.2, 0.25) is 0 Å². The molecule has 0 unspecified atom stereocenters. The highest BCUT2D eigenvalue weighted by Gasteiger charge is 2.13. The number of amides is 1. The van der Waals surface area contributed by atoms with E-state index in [0.29, 0.717) is 11.6 Å². The monoisotopic (exact) mass is 433 g/mol. The quantitative estimate of drug-likeness (QED) is 0.408. The van der Waals surface area contributed by atoms with Gasteiger partial charge in [-0.25, -0.2) is 9.37 Å². The number of hydrogen-bond donors (Lipinski definition) is 2. The Morgan fingerprint density at radius 1 is 1.13 bits per heavy atom. The number of carbonyl (C=O) groups excluding carboxylic acids is 1. The Labute approximate surface area is 184 Å². The predicted molar refractivity (Wildman–Crippen MR) is 124 cm³/mol. The van der Waals surface area contributed by atoms with Crippen molar-refractivity contribution in [3.05, 3.63) is 83.2 Å². The number of benzene rings is 3. The second-order valence-electron chi connectivity index (χ2n) is 7.12. The van der Waals surface area contributed by atoms with Gasteiger partial charge in [0.1, 0.15) is 11.3 Å². The Kier molecular flexibility index (Phi) is 5.77. The summed E-state index contributed by atoms with van der Waals surface area (Å²) in [5.74, 6) is -0.475. The Morgan fingerprint density at radius 3 is 2.74 bits per heavy atom. The number of aryl methyl sites for hydroxylation is 2. The van der Waals surface area contributed by atoms with E-state index in [4.69, 9.17) is 16.6 Å². The minimum atomic E-state index is -0.489. The van der Waals surface area contributed by atoms with E-state index in [1.807, 2.05) is 43.3 Å². The van der Waals surface area contributed by atoms with Crippen molar-refractivity contribution in [2.24, 2.45) is 0 Å². The first-order valence-electron chi connectivity index (χ1n) is 9.81. The van der Waals surface area contributed by atoms with Crippen molar-refractivity contribution in [2.45, 2.75) is 20.3 Å². The average Bonchev–Trinajstić information content (AvgIpc) is 3.18. The van der Waals surface area contributed by atoms with Gasteiger partial charge in [0, 0.05) is 16.8 Å². The van der Waals surface area contributed by atoms with Crippen molar-refractivity contribution in [3.8, 4) is 11.5 Å². The lowest BCUT2D eigenvalue weighted by atomic mass is 10.1. The molecule has 31 heavy (non-hydrogen) atoms. The summed E-state index contributed by atoms with van der Waals surface area (Å²) in [4.78, 5) is 16.9. The van der Waals surface area contributed by atoms with Crippen LogP contribution >= 0.6 is 12.2 Å². The molecule has 1 aromatic heterocycles. The first kappa shape index (κ1) is 20.7. The van der Waals surface area contributed by atoms with Crippen LogP contribution in [0.15, 0.2) is 65.1 Å². The van der Waals surface area contributed by atoms with E-state index in [9.17, 15) is 9.18 Å². The second-order valence-corrected chi connectivity index (χ2v) is 7.53. The molecule has 0 bridgehead atoms. The van der Waals surface area contributed by atoms with Crippen LogP contribution in [-0.4, -0.2) is 16.0 Å². The number of carbonyl (C=O) groups is 1. The van der Waals surface area contributed by atoms with Crippen molar-refractivity contribution < 1.29 is 13.6 Å². The molecule has 0 saturated carbocycles. The normalized spacial score (nSPS) is 10.8. The van der Waals surface area contributed by atoms with Crippen molar-refractivity contribution in [1.82, 2.24) is 10.3 Å². The van der Waals surface area contributed by atoms with E-state index in [1.165, 1.54) is 23.8 Å². The molecule has 0 saturated heterocycles. The first-order valence-corrected chi connectivity index (χ1v) is 10.2. The van der Waals surface area contributed by atoms with Gasteiger partial charge in [0.15, 0.2) is 10.7 Å². The van der Waals surface area contributed by atoms with Gasteiger partial charge < -0.3 is 9.73 Å². The van der Waals surface area contributed by atoms with Crippen LogP contribution in [0.4, 0.5) is 10.1 Å². The molecule has 0 aliphatic heterocycles. The number of aromatic nitrogens is 1. The highest BCUT2D eigenvalue weighted by Crippen LogP contribution is 2.28. The highest BCUT2D eigenvalue weighted by molar-refractivity contribution is 7.80. The maximum atomic E-state index is 13.3. The van der Waals surface area contributed by atoms with E-state index in [1.54, 1.807) is 0 Å². The number of fused-ring (bicyclic) bond motifs is 1. The fourth-order valence-electron chi connectivity index (χ4n) is 3.16. The van der Waals surface area contributed by atoms with Crippen LogP contribution < -0.4 is 10.6 Å². The van der Waals surface area contributed by atoms with Gasteiger partial charge >= 0.3 is 0 Å². The maximum Gasteiger partial charge on any atom is 0.257 e. The molecule has 4 rings (SSSR count). The summed E-state index contributed by atoms with van der Waals surface area (Å²) in [5.41, 5.74) is 5.32. The van der Waals surface area contributed by atoms with Gasteiger partial charge in [0.05, 0.1) is 0 Å². The maximum absolute atomic E-state index is 13.3. The number of rotatable bonds is 4. The zero-order valence-corrected chi connectivity index (χ0v) is 17.8. The van der Waals surface area contributed by atoms with Crippen LogP contribution in [-0.2, 0) is 6.42 Å². The molecule has 7 heteroatoms. The number of oxazole rings is 1. The third-order valence-corrected chi connectivity index (χ3v) is 5.11. The Balaban J connectivity index is 1.54. The molecule has 0 spiro atoms. The summed E-state index contributed by atoms with van der Waals surface area (Å²) in [6.45, 7) is 4.01. The van der Waals surface area contributed by atoms with E-state index in [-0.39, 0.29) is 10.7 Å². The number of halogens is 1. The summed E-state index contributed by atoms with van der Waals surface area (Å²) < 4.78 is 19.3. The number of hydrogen-bond acceptors (Lipinski definition) is 4. The van der Waals surface area contributed by atoms with E-state index in [2.05, 4.69) is 22.5 Å². The lowest BCUT2D eigenvalue weighted by Crippen LogP contribution is -2.34. The molecule has 3 aromatic carbocycles. The zero-order valence-electron chi connectivity index (χ0n) is 17.0. The molecule has 0 aliphatic rings.